The molecule has 3 heterocycles. The van der Waals surface area contributed by atoms with Gasteiger partial charge in [-0.05, 0) is 18.6 Å². The Kier molecular flexibility index (Phi) is 4.01. The van der Waals surface area contributed by atoms with Crippen LogP contribution < -0.4 is 0 Å². The molecule has 0 aliphatic carbocycles. The monoisotopic (exact) mass is 334 g/mol. The molecular formula is C19H18N4O2. The van der Waals surface area contributed by atoms with E-state index in [0.29, 0.717) is 31.2 Å². The summed E-state index contributed by atoms with van der Waals surface area (Å²) in [6, 6.07) is 13.6. The van der Waals surface area contributed by atoms with Crippen LogP contribution in [0.2, 0.25) is 0 Å². The van der Waals surface area contributed by atoms with Crippen molar-refractivity contribution >= 4 is 5.91 Å². The van der Waals surface area contributed by atoms with Gasteiger partial charge in [0.2, 0.25) is 17.6 Å². The summed E-state index contributed by atoms with van der Waals surface area (Å²) >= 11 is 0. The molecule has 4 rings (SSSR count). The third-order valence-electron chi connectivity index (χ3n) is 4.39. The third kappa shape index (κ3) is 3.28. The molecule has 3 aromatic rings. The lowest BCUT2D eigenvalue weighted by molar-refractivity contribution is -0.135. The lowest BCUT2D eigenvalue weighted by Gasteiger charge is -2.37. The zero-order chi connectivity index (χ0) is 17.2. The maximum atomic E-state index is 12.3. The molecule has 0 unspecified atom stereocenters. The highest BCUT2D eigenvalue weighted by atomic mass is 16.5. The first-order chi connectivity index (χ1) is 12.2. The Hall–Kier alpha value is -3.02. The van der Waals surface area contributed by atoms with Gasteiger partial charge in [-0.15, -0.1) is 0 Å². The van der Waals surface area contributed by atoms with Crippen LogP contribution in [0.5, 0.6) is 0 Å². The smallest absolute Gasteiger partial charge is 0.233 e. The van der Waals surface area contributed by atoms with Gasteiger partial charge in [0.25, 0.3) is 0 Å². The Morgan fingerprint density at radius 1 is 1.20 bits per heavy atom. The van der Waals surface area contributed by atoms with E-state index in [1.807, 2.05) is 54.3 Å². The largest absolute Gasteiger partial charge is 0.341 e. The van der Waals surface area contributed by atoms with Crippen LogP contribution in [0.3, 0.4) is 0 Å². The van der Waals surface area contributed by atoms with Gasteiger partial charge in [-0.1, -0.05) is 41.6 Å². The van der Waals surface area contributed by atoms with E-state index in [4.69, 9.17) is 4.52 Å². The topological polar surface area (TPSA) is 72.1 Å². The first-order valence-electron chi connectivity index (χ1n) is 8.27. The van der Waals surface area contributed by atoms with E-state index in [2.05, 4.69) is 15.1 Å². The predicted octanol–water partition coefficient (Wildman–Crippen LogP) is 2.61. The number of nitrogens with zero attached hydrogens (tertiary/aromatic N) is 4. The summed E-state index contributed by atoms with van der Waals surface area (Å²) in [7, 11) is 0. The zero-order valence-electron chi connectivity index (χ0n) is 13.9. The average molecular weight is 334 g/mol. The first kappa shape index (κ1) is 15.5. The number of pyridine rings is 1. The highest BCUT2D eigenvalue weighted by Crippen LogP contribution is 2.28. The number of carbonyl (C=O) groups is 1. The Morgan fingerprint density at radius 2 is 2.00 bits per heavy atom. The van der Waals surface area contributed by atoms with E-state index in [0.717, 1.165) is 16.8 Å². The molecular weight excluding hydrogens is 316 g/mol. The zero-order valence-corrected chi connectivity index (χ0v) is 13.9. The molecule has 1 aromatic carbocycles. The number of likely N-dealkylation sites (tertiary alicyclic amines) is 1. The molecule has 126 valence electrons. The van der Waals surface area contributed by atoms with Crippen molar-refractivity contribution in [3.05, 3.63) is 65.8 Å². The number of benzene rings is 1. The van der Waals surface area contributed by atoms with E-state index in [9.17, 15) is 4.79 Å². The Balaban J connectivity index is 1.35. The normalized spacial score (nSPS) is 14.4. The molecule has 6 heteroatoms. The quantitative estimate of drug-likeness (QED) is 0.733. The summed E-state index contributed by atoms with van der Waals surface area (Å²) < 4.78 is 5.37. The van der Waals surface area contributed by atoms with Crippen molar-refractivity contribution in [3.8, 4) is 11.4 Å². The van der Waals surface area contributed by atoms with Crippen LogP contribution in [0.1, 0.15) is 23.1 Å². The van der Waals surface area contributed by atoms with Crippen LogP contribution in [-0.4, -0.2) is 39.0 Å². The molecule has 0 radical (unpaired) electrons. The molecule has 2 aromatic heterocycles. The lowest BCUT2D eigenvalue weighted by Crippen LogP contribution is -2.49. The molecule has 1 fully saturated rings. The fourth-order valence-corrected chi connectivity index (χ4v) is 2.83. The molecule has 1 aliphatic rings. The van der Waals surface area contributed by atoms with Crippen molar-refractivity contribution in [1.29, 1.82) is 0 Å². The number of rotatable bonds is 4. The highest BCUT2D eigenvalue weighted by Gasteiger charge is 2.35. The van der Waals surface area contributed by atoms with Crippen LogP contribution in [0.15, 0.2) is 53.2 Å². The summed E-state index contributed by atoms with van der Waals surface area (Å²) in [6.45, 7) is 3.17. The Morgan fingerprint density at radius 3 is 2.72 bits per heavy atom. The van der Waals surface area contributed by atoms with Crippen LogP contribution in [-0.2, 0) is 11.2 Å². The SMILES string of the molecule is Cc1ccc(CC(=O)N2CC(c3nc(-c4ccccc4)no3)C2)cn1. The maximum Gasteiger partial charge on any atom is 0.233 e. The summed E-state index contributed by atoms with van der Waals surface area (Å²) in [5.74, 6) is 1.40. The molecule has 1 aliphatic heterocycles. The van der Waals surface area contributed by atoms with E-state index in [1.54, 1.807) is 6.20 Å². The predicted molar refractivity (Wildman–Crippen MR) is 91.7 cm³/mol. The molecule has 6 nitrogen and oxygen atoms in total. The van der Waals surface area contributed by atoms with Gasteiger partial charge in [0.05, 0.1) is 12.3 Å². The van der Waals surface area contributed by atoms with Crippen molar-refractivity contribution in [1.82, 2.24) is 20.0 Å². The van der Waals surface area contributed by atoms with Crippen molar-refractivity contribution in [2.24, 2.45) is 0 Å². The third-order valence-corrected chi connectivity index (χ3v) is 4.39. The van der Waals surface area contributed by atoms with Crippen LogP contribution in [0.25, 0.3) is 11.4 Å². The lowest BCUT2D eigenvalue weighted by atomic mass is 9.99. The van der Waals surface area contributed by atoms with Gasteiger partial charge in [-0.2, -0.15) is 4.98 Å². The van der Waals surface area contributed by atoms with Gasteiger partial charge in [-0.3, -0.25) is 9.78 Å². The highest BCUT2D eigenvalue weighted by molar-refractivity contribution is 5.79. The van der Waals surface area contributed by atoms with Crippen LogP contribution in [0, 0.1) is 6.92 Å². The summed E-state index contributed by atoms with van der Waals surface area (Å²) in [5, 5.41) is 4.04. The van der Waals surface area contributed by atoms with Gasteiger partial charge in [0.1, 0.15) is 0 Å². The standard InChI is InChI=1S/C19H18N4O2/c1-13-7-8-14(10-20-13)9-17(24)23-11-16(12-23)19-21-18(22-25-19)15-5-3-2-4-6-15/h2-8,10,16H,9,11-12H2,1H3. The van der Waals surface area contributed by atoms with Gasteiger partial charge in [-0.25, -0.2) is 0 Å². The minimum absolute atomic E-state index is 0.102. The molecule has 1 amide bonds. The van der Waals surface area contributed by atoms with Crippen molar-refractivity contribution in [3.63, 3.8) is 0 Å². The summed E-state index contributed by atoms with van der Waals surface area (Å²) in [6.07, 6.45) is 2.13. The van der Waals surface area contributed by atoms with Gasteiger partial charge >= 0.3 is 0 Å². The van der Waals surface area contributed by atoms with E-state index >= 15 is 0 Å². The fraction of sp³-hybridized carbons (Fsp3) is 0.263. The number of aromatic nitrogens is 3. The van der Waals surface area contributed by atoms with E-state index < -0.39 is 0 Å². The number of aryl methyl sites for hydroxylation is 1. The maximum absolute atomic E-state index is 12.3. The molecule has 0 spiro atoms. The van der Waals surface area contributed by atoms with Gasteiger partial charge in [0, 0.05) is 30.5 Å². The second-order valence-electron chi connectivity index (χ2n) is 6.30. The average Bonchev–Trinajstić information content (AvgIpc) is 3.06. The minimum atomic E-state index is 0.102. The number of amides is 1. The first-order valence-corrected chi connectivity index (χ1v) is 8.27. The van der Waals surface area contributed by atoms with Crippen molar-refractivity contribution in [2.45, 2.75) is 19.3 Å². The molecule has 0 N–H and O–H groups in total. The molecule has 1 saturated heterocycles. The van der Waals surface area contributed by atoms with Gasteiger partial charge < -0.3 is 9.42 Å². The van der Waals surface area contributed by atoms with E-state index in [1.165, 1.54) is 0 Å². The number of hydrogen-bond donors (Lipinski definition) is 0. The van der Waals surface area contributed by atoms with Crippen molar-refractivity contribution in [2.75, 3.05) is 13.1 Å². The summed E-state index contributed by atoms with van der Waals surface area (Å²) in [4.78, 5) is 22.8. The van der Waals surface area contributed by atoms with Gasteiger partial charge in [0.15, 0.2) is 0 Å². The van der Waals surface area contributed by atoms with Crippen molar-refractivity contribution < 1.29 is 9.32 Å². The summed E-state index contributed by atoms with van der Waals surface area (Å²) in [5.41, 5.74) is 2.81. The second kappa shape index (κ2) is 6.47. The Bertz CT molecular complexity index is 868. The molecule has 0 bridgehead atoms. The second-order valence-corrected chi connectivity index (χ2v) is 6.30. The Labute approximate surface area is 145 Å². The fourth-order valence-electron chi connectivity index (χ4n) is 2.83. The van der Waals surface area contributed by atoms with Crippen LogP contribution >= 0.6 is 0 Å². The minimum Gasteiger partial charge on any atom is -0.341 e. The number of hydrogen-bond acceptors (Lipinski definition) is 5. The van der Waals surface area contributed by atoms with E-state index in [-0.39, 0.29) is 11.8 Å². The molecule has 0 atom stereocenters. The molecule has 0 saturated carbocycles. The molecule has 25 heavy (non-hydrogen) atoms. The number of carbonyl (C=O) groups excluding carboxylic acids is 1. The van der Waals surface area contributed by atoms with Crippen LogP contribution in [0.4, 0.5) is 0 Å².